The molecule has 2 N–H and O–H groups in total. The molecule has 15 heavy (non-hydrogen) atoms. The molecule has 84 valence electrons. The summed E-state index contributed by atoms with van der Waals surface area (Å²) < 4.78 is 5.04. The summed E-state index contributed by atoms with van der Waals surface area (Å²) in [7, 11) is 0. The highest BCUT2D eigenvalue weighted by Gasteiger charge is 2.25. The van der Waals surface area contributed by atoms with Gasteiger partial charge in [0.05, 0.1) is 6.61 Å². The third kappa shape index (κ3) is 2.79. The molecule has 0 unspecified atom stereocenters. The zero-order valence-corrected chi connectivity index (χ0v) is 9.20. The third-order valence-electron chi connectivity index (χ3n) is 2.16. The first kappa shape index (κ1) is 11.7. The van der Waals surface area contributed by atoms with Crippen molar-refractivity contribution in [1.82, 2.24) is 5.16 Å². The average molecular weight is 212 g/mol. The molecule has 0 aliphatic rings. The van der Waals surface area contributed by atoms with Crippen molar-refractivity contribution in [3.63, 3.8) is 0 Å². The van der Waals surface area contributed by atoms with E-state index in [0.717, 1.165) is 0 Å². The Morgan fingerprint density at radius 1 is 1.67 bits per heavy atom. The molecule has 0 spiro atoms. The maximum atomic E-state index is 11.1. The standard InChI is InChI=1S/C10H16N2O3/c1-4-9(14)11-8-5-7(15-12-8)10(2,3)6-13/h5,13H,4,6H2,1-3H3,(H,11,12,14). The third-order valence-corrected chi connectivity index (χ3v) is 2.16. The Morgan fingerprint density at radius 2 is 2.33 bits per heavy atom. The van der Waals surface area contributed by atoms with E-state index >= 15 is 0 Å². The molecule has 0 aromatic carbocycles. The lowest BCUT2D eigenvalue weighted by Gasteiger charge is -2.16. The lowest BCUT2D eigenvalue weighted by atomic mass is 9.92. The van der Waals surface area contributed by atoms with Gasteiger partial charge >= 0.3 is 0 Å². The average Bonchev–Trinajstić information content (AvgIpc) is 2.66. The van der Waals surface area contributed by atoms with Crippen molar-refractivity contribution in [3.05, 3.63) is 11.8 Å². The van der Waals surface area contributed by atoms with Crippen LogP contribution in [0.4, 0.5) is 5.82 Å². The van der Waals surface area contributed by atoms with Crippen LogP contribution in [0.3, 0.4) is 0 Å². The summed E-state index contributed by atoms with van der Waals surface area (Å²) >= 11 is 0. The van der Waals surface area contributed by atoms with Crippen LogP contribution in [0.15, 0.2) is 10.6 Å². The van der Waals surface area contributed by atoms with Crippen LogP contribution >= 0.6 is 0 Å². The summed E-state index contributed by atoms with van der Waals surface area (Å²) in [5.74, 6) is 0.825. The zero-order valence-electron chi connectivity index (χ0n) is 9.20. The van der Waals surface area contributed by atoms with Gasteiger partial charge in [-0.05, 0) is 0 Å². The van der Waals surface area contributed by atoms with Crippen molar-refractivity contribution in [1.29, 1.82) is 0 Å². The SMILES string of the molecule is CCC(=O)Nc1cc(C(C)(C)CO)on1. The fraction of sp³-hybridized carbons (Fsp3) is 0.600. The Hall–Kier alpha value is -1.36. The van der Waals surface area contributed by atoms with E-state index in [2.05, 4.69) is 10.5 Å². The van der Waals surface area contributed by atoms with Crippen molar-refractivity contribution < 1.29 is 14.4 Å². The van der Waals surface area contributed by atoms with Crippen molar-refractivity contribution in [2.45, 2.75) is 32.6 Å². The number of carbonyl (C=O) groups excluding carboxylic acids is 1. The molecule has 5 nitrogen and oxygen atoms in total. The van der Waals surface area contributed by atoms with Gasteiger partial charge in [-0.25, -0.2) is 0 Å². The lowest BCUT2D eigenvalue weighted by molar-refractivity contribution is -0.115. The molecule has 1 amide bonds. The number of anilines is 1. The Kier molecular flexibility index (Phi) is 3.47. The number of aliphatic hydroxyl groups is 1. The molecule has 0 aliphatic carbocycles. The predicted molar refractivity (Wildman–Crippen MR) is 55.5 cm³/mol. The summed E-state index contributed by atoms with van der Waals surface area (Å²) in [6, 6.07) is 1.63. The van der Waals surface area contributed by atoms with Gasteiger partial charge in [0.25, 0.3) is 0 Å². The summed E-state index contributed by atoms with van der Waals surface area (Å²) in [6.45, 7) is 5.38. The van der Waals surface area contributed by atoms with Gasteiger partial charge in [0.1, 0.15) is 5.76 Å². The first-order valence-electron chi connectivity index (χ1n) is 4.87. The van der Waals surface area contributed by atoms with Crippen LogP contribution in [0.25, 0.3) is 0 Å². The van der Waals surface area contributed by atoms with Crippen LogP contribution in [-0.2, 0) is 10.2 Å². The quantitative estimate of drug-likeness (QED) is 0.788. The number of nitrogens with zero attached hydrogens (tertiary/aromatic N) is 1. The summed E-state index contributed by atoms with van der Waals surface area (Å²) in [4.78, 5) is 11.1. The number of aliphatic hydroxyl groups excluding tert-OH is 1. The van der Waals surface area contributed by atoms with E-state index in [9.17, 15) is 4.79 Å². The molecular formula is C10H16N2O3. The minimum absolute atomic E-state index is 0.0383. The van der Waals surface area contributed by atoms with Crippen LogP contribution in [0, 0.1) is 0 Å². The first-order chi connectivity index (χ1) is 6.99. The molecule has 0 atom stereocenters. The number of nitrogens with one attached hydrogen (secondary N) is 1. The van der Waals surface area contributed by atoms with Gasteiger partial charge in [-0.3, -0.25) is 4.79 Å². The first-order valence-corrected chi connectivity index (χ1v) is 4.87. The maximum absolute atomic E-state index is 11.1. The second kappa shape index (κ2) is 4.44. The van der Waals surface area contributed by atoms with E-state index in [1.54, 1.807) is 13.0 Å². The van der Waals surface area contributed by atoms with Crippen molar-refractivity contribution in [3.8, 4) is 0 Å². The molecule has 5 heteroatoms. The van der Waals surface area contributed by atoms with Gasteiger partial charge in [0.2, 0.25) is 5.91 Å². The minimum atomic E-state index is -0.484. The molecule has 1 heterocycles. The van der Waals surface area contributed by atoms with Crippen LogP contribution in [0.2, 0.25) is 0 Å². The predicted octanol–water partition coefficient (Wildman–Crippen LogP) is 1.29. The van der Waals surface area contributed by atoms with E-state index in [0.29, 0.717) is 18.0 Å². The fourth-order valence-corrected chi connectivity index (χ4v) is 0.962. The number of carbonyl (C=O) groups is 1. The molecular weight excluding hydrogens is 196 g/mol. The van der Waals surface area contributed by atoms with Crippen molar-refractivity contribution in [2.75, 3.05) is 11.9 Å². The summed E-state index contributed by atoms with van der Waals surface area (Å²) in [6.07, 6.45) is 0.394. The van der Waals surface area contributed by atoms with Crippen molar-refractivity contribution >= 4 is 11.7 Å². The lowest BCUT2D eigenvalue weighted by Crippen LogP contribution is -2.21. The zero-order chi connectivity index (χ0) is 11.5. The number of aromatic nitrogens is 1. The normalized spacial score (nSPS) is 11.5. The Balaban J connectivity index is 2.76. The molecule has 1 aromatic rings. The molecule has 0 radical (unpaired) electrons. The maximum Gasteiger partial charge on any atom is 0.225 e. The van der Waals surface area contributed by atoms with Gasteiger partial charge in [-0.15, -0.1) is 0 Å². The van der Waals surface area contributed by atoms with Crippen molar-refractivity contribution in [2.24, 2.45) is 0 Å². The van der Waals surface area contributed by atoms with Crippen LogP contribution in [0.5, 0.6) is 0 Å². The Morgan fingerprint density at radius 3 is 2.87 bits per heavy atom. The van der Waals surface area contributed by atoms with E-state index in [-0.39, 0.29) is 12.5 Å². The van der Waals surface area contributed by atoms with Gasteiger partial charge in [0, 0.05) is 17.9 Å². The highest BCUT2D eigenvalue weighted by molar-refractivity contribution is 5.89. The molecule has 1 aromatic heterocycles. The van der Waals surface area contributed by atoms with Crippen LogP contribution in [-0.4, -0.2) is 22.8 Å². The Bertz CT molecular complexity index is 344. The number of amides is 1. The van der Waals surface area contributed by atoms with E-state index in [4.69, 9.17) is 9.63 Å². The molecule has 0 bridgehead atoms. The smallest absolute Gasteiger partial charge is 0.225 e. The monoisotopic (exact) mass is 212 g/mol. The highest BCUT2D eigenvalue weighted by atomic mass is 16.5. The minimum Gasteiger partial charge on any atom is -0.395 e. The number of hydrogen-bond acceptors (Lipinski definition) is 4. The molecule has 0 saturated heterocycles. The number of hydrogen-bond donors (Lipinski definition) is 2. The fourth-order valence-electron chi connectivity index (χ4n) is 0.962. The van der Waals surface area contributed by atoms with E-state index < -0.39 is 5.41 Å². The van der Waals surface area contributed by atoms with Gasteiger partial charge < -0.3 is 14.9 Å². The molecule has 0 aliphatic heterocycles. The molecule has 1 rings (SSSR count). The van der Waals surface area contributed by atoms with Crippen LogP contribution < -0.4 is 5.32 Å². The van der Waals surface area contributed by atoms with Gasteiger partial charge in [-0.1, -0.05) is 25.9 Å². The second-order valence-electron chi connectivity index (χ2n) is 4.02. The van der Waals surface area contributed by atoms with Crippen LogP contribution in [0.1, 0.15) is 33.0 Å². The van der Waals surface area contributed by atoms with E-state index in [1.165, 1.54) is 0 Å². The largest absolute Gasteiger partial charge is 0.395 e. The topological polar surface area (TPSA) is 75.4 Å². The van der Waals surface area contributed by atoms with Gasteiger partial charge in [-0.2, -0.15) is 0 Å². The molecule has 0 fully saturated rings. The summed E-state index contributed by atoms with van der Waals surface area (Å²) in [5, 5.41) is 15.4. The molecule has 0 saturated carbocycles. The summed E-state index contributed by atoms with van der Waals surface area (Å²) in [5.41, 5.74) is -0.484. The number of rotatable bonds is 4. The van der Waals surface area contributed by atoms with E-state index in [1.807, 2.05) is 13.8 Å². The Labute approximate surface area is 88.5 Å². The highest BCUT2D eigenvalue weighted by Crippen LogP contribution is 2.24. The van der Waals surface area contributed by atoms with Gasteiger partial charge in [0.15, 0.2) is 5.82 Å². The second-order valence-corrected chi connectivity index (χ2v) is 4.02.